The lowest BCUT2D eigenvalue weighted by Crippen LogP contribution is -2.47. The van der Waals surface area contributed by atoms with Gasteiger partial charge in [0.2, 0.25) is 5.91 Å². The maximum Gasteiger partial charge on any atom is 0.228 e. The number of rotatable bonds is 4. The second kappa shape index (κ2) is 6.74. The number of likely N-dealkylation sites (tertiary alicyclic amines) is 1. The van der Waals surface area contributed by atoms with Gasteiger partial charge < -0.3 is 10.2 Å². The van der Waals surface area contributed by atoms with E-state index in [9.17, 15) is 4.79 Å². The summed E-state index contributed by atoms with van der Waals surface area (Å²) in [7, 11) is 2.02. The first-order valence-corrected chi connectivity index (χ1v) is 8.10. The number of piperidine rings is 1. The fourth-order valence-electron chi connectivity index (χ4n) is 3.70. The van der Waals surface area contributed by atoms with Gasteiger partial charge in [0.05, 0.1) is 0 Å². The molecule has 1 heterocycles. The van der Waals surface area contributed by atoms with Gasteiger partial charge in [0.1, 0.15) is 0 Å². The van der Waals surface area contributed by atoms with Crippen LogP contribution in [-0.4, -0.2) is 37.5 Å². The van der Waals surface area contributed by atoms with E-state index in [0.717, 1.165) is 38.4 Å². The molecule has 1 aliphatic heterocycles. The molecule has 0 atom stereocenters. The van der Waals surface area contributed by atoms with Gasteiger partial charge in [0.25, 0.3) is 0 Å². The van der Waals surface area contributed by atoms with Gasteiger partial charge in [-0.05, 0) is 51.6 Å². The van der Waals surface area contributed by atoms with Crippen LogP contribution in [0.25, 0.3) is 0 Å². The predicted octanol–water partition coefficient (Wildman–Crippen LogP) is 2.80. The van der Waals surface area contributed by atoms with Crippen molar-refractivity contribution in [3.63, 3.8) is 0 Å². The summed E-state index contributed by atoms with van der Waals surface area (Å²) in [6.07, 6.45) is 9.65. The first kappa shape index (κ1) is 14.8. The number of carbonyl (C=O) groups excluding carboxylic acids is 1. The van der Waals surface area contributed by atoms with E-state index in [0.29, 0.717) is 5.91 Å². The van der Waals surface area contributed by atoms with Crippen molar-refractivity contribution >= 4 is 5.91 Å². The van der Waals surface area contributed by atoms with Crippen molar-refractivity contribution < 1.29 is 4.79 Å². The average molecular weight is 266 g/mol. The Balaban J connectivity index is 1.81. The van der Waals surface area contributed by atoms with Crippen LogP contribution in [-0.2, 0) is 4.79 Å². The highest BCUT2D eigenvalue weighted by atomic mass is 16.2. The summed E-state index contributed by atoms with van der Waals surface area (Å²) in [6.45, 7) is 5.28. The maximum atomic E-state index is 12.7. The highest BCUT2D eigenvalue weighted by Gasteiger charge is 2.38. The van der Waals surface area contributed by atoms with Crippen LogP contribution in [0, 0.1) is 11.3 Å². The molecule has 0 aromatic carbocycles. The molecule has 3 heteroatoms. The van der Waals surface area contributed by atoms with E-state index in [2.05, 4.69) is 17.1 Å². The Morgan fingerprint density at radius 2 is 1.84 bits per heavy atom. The van der Waals surface area contributed by atoms with Crippen molar-refractivity contribution in [2.75, 3.05) is 26.7 Å². The molecule has 0 aromatic rings. The molecule has 2 fully saturated rings. The highest BCUT2D eigenvalue weighted by Crippen LogP contribution is 2.38. The summed E-state index contributed by atoms with van der Waals surface area (Å²) < 4.78 is 0. The molecule has 3 nitrogen and oxygen atoms in total. The summed E-state index contributed by atoms with van der Waals surface area (Å²) in [5.41, 5.74) is -0.0456. The average Bonchev–Trinajstić information content (AvgIpc) is 2.46. The SMILES string of the molecule is CNCCC1CCN(C(=O)C2(C)CCCCC2)CC1. The molecule has 1 N–H and O–H groups in total. The minimum atomic E-state index is -0.0456. The summed E-state index contributed by atoms with van der Waals surface area (Å²) in [5.74, 6) is 1.26. The van der Waals surface area contributed by atoms with E-state index in [1.54, 1.807) is 0 Å². The largest absolute Gasteiger partial charge is 0.342 e. The molecule has 0 radical (unpaired) electrons. The second-order valence-corrected chi connectivity index (χ2v) is 6.75. The van der Waals surface area contributed by atoms with E-state index >= 15 is 0 Å². The van der Waals surface area contributed by atoms with Crippen molar-refractivity contribution in [3.05, 3.63) is 0 Å². The number of hydrogen-bond acceptors (Lipinski definition) is 2. The van der Waals surface area contributed by atoms with Gasteiger partial charge in [-0.3, -0.25) is 4.79 Å². The molecule has 2 rings (SSSR count). The molecule has 110 valence electrons. The Labute approximate surface area is 118 Å². The second-order valence-electron chi connectivity index (χ2n) is 6.75. The first-order chi connectivity index (χ1) is 9.15. The third-order valence-corrected chi connectivity index (χ3v) is 5.18. The van der Waals surface area contributed by atoms with Gasteiger partial charge >= 0.3 is 0 Å². The van der Waals surface area contributed by atoms with Crippen molar-refractivity contribution in [1.29, 1.82) is 0 Å². The fourth-order valence-corrected chi connectivity index (χ4v) is 3.70. The van der Waals surface area contributed by atoms with Crippen molar-refractivity contribution in [3.8, 4) is 0 Å². The van der Waals surface area contributed by atoms with Crippen LogP contribution in [0.3, 0.4) is 0 Å². The Hall–Kier alpha value is -0.570. The molecular formula is C16H30N2O. The molecule has 0 spiro atoms. The molecule has 2 aliphatic rings. The van der Waals surface area contributed by atoms with Gasteiger partial charge in [0, 0.05) is 18.5 Å². The zero-order valence-electron chi connectivity index (χ0n) is 12.7. The van der Waals surface area contributed by atoms with Crippen LogP contribution in [0.1, 0.15) is 58.3 Å². The van der Waals surface area contributed by atoms with E-state index in [1.165, 1.54) is 38.5 Å². The van der Waals surface area contributed by atoms with Crippen molar-refractivity contribution in [2.24, 2.45) is 11.3 Å². The molecule has 1 saturated carbocycles. The van der Waals surface area contributed by atoms with Gasteiger partial charge in [-0.1, -0.05) is 26.2 Å². The van der Waals surface area contributed by atoms with E-state index in [1.807, 2.05) is 7.05 Å². The lowest BCUT2D eigenvalue weighted by molar-refractivity contribution is -0.144. The van der Waals surface area contributed by atoms with Gasteiger partial charge in [0.15, 0.2) is 0 Å². The zero-order chi connectivity index (χ0) is 13.7. The molecule has 1 amide bonds. The summed E-state index contributed by atoms with van der Waals surface area (Å²) in [4.78, 5) is 14.9. The van der Waals surface area contributed by atoms with Gasteiger partial charge in [-0.2, -0.15) is 0 Å². The molecular weight excluding hydrogens is 236 g/mol. The van der Waals surface area contributed by atoms with Crippen LogP contribution in [0.15, 0.2) is 0 Å². The predicted molar refractivity (Wildman–Crippen MR) is 79.0 cm³/mol. The first-order valence-electron chi connectivity index (χ1n) is 8.10. The lowest BCUT2D eigenvalue weighted by atomic mass is 9.74. The minimum Gasteiger partial charge on any atom is -0.342 e. The number of carbonyl (C=O) groups is 1. The highest BCUT2D eigenvalue weighted by molar-refractivity contribution is 5.82. The van der Waals surface area contributed by atoms with E-state index < -0.39 is 0 Å². The molecule has 0 aromatic heterocycles. The monoisotopic (exact) mass is 266 g/mol. The number of hydrogen-bond donors (Lipinski definition) is 1. The van der Waals surface area contributed by atoms with Gasteiger partial charge in [-0.25, -0.2) is 0 Å². The van der Waals surface area contributed by atoms with Crippen LogP contribution < -0.4 is 5.32 Å². The standard InChI is InChI=1S/C16H30N2O/c1-16(9-4-3-5-10-16)15(19)18-12-7-14(8-13-18)6-11-17-2/h14,17H,3-13H2,1-2H3. The Morgan fingerprint density at radius 3 is 2.42 bits per heavy atom. The molecule has 1 aliphatic carbocycles. The maximum absolute atomic E-state index is 12.7. The number of nitrogens with one attached hydrogen (secondary N) is 1. The summed E-state index contributed by atoms with van der Waals surface area (Å²) >= 11 is 0. The summed E-state index contributed by atoms with van der Waals surface area (Å²) in [6, 6.07) is 0. The topological polar surface area (TPSA) is 32.3 Å². The van der Waals surface area contributed by atoms with Crippen LogP contribution in [0.4, 0.5) is 0 Å². The number of nitrogens with zero attached hydrogens (tertiary/aromatic N) is 1. The minimum absolute atomic E-state index is 0.0456. The van der Waals surface area contributed by atoms with Crippen molar-refractivity contribution in [2.45, 2.75) is 58.3 Å². The molecule has 0 bridgehead atoms. The van der Waals surface area contributed by atoms with Crippen LogP contribution >= 0.6 is 0 Å². The lowest BCUT2D eigenvalue weighted by Gasteiger charge is -2.40. The van der Waals surface area contributed by atoms with E-state index in [4.69, 9.17) is 0 Å². The van der Waals surface area contributed by atoms with E-state index in [-0.39, 0.29) is 5.41 Å². The number of amides is 1. The Kier molecular flexibility index (Phi) is 5.26. The normalized spacial score (nSPS) is 24.4. The Morgan fingerprint density at radius 1 is 1.21 bits per heavy atom. The molecule has 19 heavy (non-hydrogen) atoms. The van der Waals surface area contributed by atoms with Crippen LogP contribution in [0.2, 0.25) is 0 Å². The molecule has 0 unspecified atom stereocenters. The third-order valence-electron chi connectivity index (χ3n) is 5.18. The zero-order valence-corrected chi connectivity index (χ0v) is 12.7. The van der Waals surface area contributed by atoms with Crippen molar-refractivity contribution in [1.82, 2.24) is 10.2 Å². The molecule has 1 saturated heterocycles. The van der Waals surface area contributed by atoms with Crippen LogP contribution in [0.5, 0.6) is 0 Å². The van der Waals surface area contributed by atoms with Gasteiger partial charge in [-0.15, -0.1) is 0 Å². The summed E-state index contributed by atoms with van der Waals surface area (Å²) in [5, 5.41) is 3.23. The fraction of sp³-hybridized carbons (Fsp3) is 0.938. The third kappa shape index (κ3) is 3.71. The quantitative estimate of drug-likeness (QED) is 0.848. The smallest absolute Gasteiger partial charge is 0.228 e. The Bertz CT molecular complexity index is 289.